The van der Waals surface area contributed by atoms with Crippen molar-refractivity contribution in [1.29, 1.82) is 5.41 Å². The van der Waals surface area contributed by atoms with Gasteiger partial charge in [0.15, 0.2) is 6.10 Å². The molecule has 0 aliphatic carbocycles. The normalized spacial score (nSPS) is 14.9. The van der Waals surface area contributed by atoms with Gasteiger partial charge in [-0.15, -0.1) is 11.3 Å². The first kappa shape index (κ1) is 22.1. The molecule has 0 radical (unpaired) electrons. The Hall–Kier alpha value is -3.10. The first-order valence-corrected chi connectivity index (χ1v) is 11.6. The van der Waals surface area contributed by atoms with E-state index in [-0.39, 0.29) is 12.4 Å². The van der Waals surface area contributed by atoms with Gasteiger partial charge < -0.3 is 25.4 Å². The summed E-state index contributed by atoms with van der Waals surface area (Å²) in [5, 5.41) is 11.4. The molecule has 1 aliphatic rings. The summed E-state index contributed by atoms with van der Waals surface area (Å²) in [5.74, 6) is 0.698. The summed E-state index contributed by atoms with van der Waals surface area (Å²) in [6.07, 6.45) is 1.55. The molecule has 1 fully saturated rings. The number of benzene rings is 2. The van der Waals surface area contributed by atoms with Gasteiger partial charge in [0.2, 0.25) is 0 Å². The molecule has 2 aromatic carbocycles. The van der Waals surface area contributed by atoms with Gasteiger partial charge in [0.05, 0.1) is 4.88 Å². The number of ether oxygens (including phenoxy) is 2. The van der Waals surface area contributed by atoms with Crippen LogP contribution >= 0.6 is 11.3 Å². The van der Waals surface area contributed by atoms with Gasteiger partial charge in [-0.2, -0.15) is 0 Å². The molecule has 1 atom stereocenters. The molecular weight excluding hydrogens is 424 g/mol. The van der Waals surface area contributed by atoms with Crippen molar-refractivity contribution >= 4 is 33.4 Å². The minimum atomic E-state index is -0.466. The van der Waals surface area contributed by atoms with Gasteiger partial charge in [0.25, 0.3) is 0 Å². The summed E-state index contributed by atoms with van der Waals surface area (Å²) < 4.78 is 12.8. The van der Waals surface area contributed by atoms with Crippen LogP contribution in [-0.2, 0) is 4.74 Å². The van der Waals surface area contributed by atoms with E-state index in [2.05, 4.69) is 10.2 Å². The zero-order chi connectivity index (χ0) is 22.3. The highest BCUT2D eigenvalue weighted by atomic mass is 32.1. The zero-order valence-electron chi connectivity index (χ0n) is 17.9. The number of amides is 1. The topological polar surface area (TPSA) is 101 Å². The molecule has 0 saturated carbocycles. The van der Waals surface area contributed by atoms with Crippen LogP contribution in [0.1, 0.15) is 29.4 Å². The van der Waals surface area contributed by atoms with E-state index in [0.29, 0.717) is 17.2 Å². The summed E-state index contributed by atoms with van der Waals surface area (Å²) in [5.41, 5.74) is 6.58. The average molecular weight is 453 g/mol. The number of nitrogens with one attached hydrogen (secondary N) is 2. The third-order valence-electron chi connectivity index (χ3n) is 5.49. The molecule has 2 heterocycles. The number of hydrogen-bond acceptors (Lipinski definition) is 6. The fourth-order valence-corrected chi connectivity index (χ4v) is 4.75. The van der Waals surface area contributed by atoms with Crippen LogP contribution in [0.25, 0.3) is 10.1 Å². The third kappa shape index (κ3) is 5.57. The molecule has 1 aliphatic heterocycles. The predicted octanol–water partition coefficient (Wildman–Crippen LogP) is 4.13. The second-order valence-electron chi connectivity index (χ2n) is 7.78. The number of nitrogens with zero attached hydrogens (tertiary/aromatic N) is 1. The summed E-state index contributed by atoms with van der Waals surface area (Å²) in [7, 11) is 0. The van der Waals surface area contributed by atoms with Gasteiger partial charge in [-0.25, -0.2) is 4.79 Å². The van der Waals surface area contributed by atoms with Crippen molar-refractivity contribution in [2.75, 3.05) is 32.8 Å². The second kappa shape index (κ2) is 10.5. The monoisotopic (exact) mass is 452 g/mol. The molecule has 0 spiro atoms. The van der Waals surface area contributed by atoms with E-state index in [1.807, 2.05) is 54.6 Å². The Kier molecular flexibility index (Phi) is 7.24. The quantitative estimate of drug-likeness (QED) is 0.335. The molecule has 8 heteroatoms. The maximum atomic E-state index is 12.3. The Balaban J connectivity index is 1.43. The number of thiophene rings is 1. The lowest BCUT2D eigenvalue weighted by atomic mass is 10.1. The van der Waals surface area contributed by atoms with E-state index >= 15 is 0 Å². The van der Waals surface area contributed by atoms with Crippen molar-refractivity contribution in [1.82, 2.24) is 10.2 Å². The maximum absolute atomic E-state index is 12.3. The summed E-state index contributed by atoms with van der Waals surface area (Å²) in [6, 6.07) is 17.3. The number of nitrogen functional groups attached to an aromatic ring is 1. The molecular formula is C24H28N4O3S. The first-order chi connectivity index (χ1) is 15.6. The second-order valence-corrected chi connectivity index (χ2v) is 8.87. The SMILES string of the molecule is N=C(N)c1cc2c(OC(COC(=O)NCCN3CCCC3)c3ccccc3)cccc2s1. The summed E-state index contributed by atoms with van der Waals surface area (Å²) in [6.45, 7) is 3.68. The van der Waals surface area contributed by atoms with Gasteiger partial charge in [-0.05, 0) is 49.7 Å². The molecule has 1 amide bonds. The maximum Gasteiger partial charge on any atom is 0.407 e. The molecule has 7 nitrogen and oxygen atoms in total. The molecule has 3 aromatic rings. The lowest BCUT2D eigenvalue weighted by Gasteiger charge is -2.20. The van der Waals surface area contributed by atoms with Crippen LogP contribution in [0.5, 0.6) is 5.75 Å². The van der Waals surface area contributed by atoms with E-state index in [1.54, 1.807) is 0 Å². The molecule has 4 rings (SSSR count). The van der Waals surface area contributed by atoms with E-state index in [0.717, 1.165) is 35.3 Å². The van der Waals surface area contributed by atoms with Crippen molar-refractivity contribution in [2.45, 2.75) is 18.9 Å². The van der Waals surface area contributed by atoms with Crippen molar-refractivity contribution in [2.24, 2.45) is 5.73 Å². The Morgan fingerprint density at radius 2 is 1.94 bits per heavy atom. The van der Waals surface area contributed by atoms with Crippen molar-refractivity contribution in [3.63, 3.8) is 0 Å². The largest absolute Gasteiger partial charge is 0.481 e. The lowest BCUT2D eigenvalue weighted by molar-refractivity contribution is 0.0823. The smallest absolute Gasteiger partial charge is 0.407 e. The van der Waals surface area contributed by atoms with Crippen molar-refractivity contribution in [3.8, 4) is 5.75 Å². The van der Waals surface area contributed by atoms with Gasteiger partial charge in [0, 0.05) is 23.2 Å². The highest BCUT2D eigenvalue weighted by molar-refractivity contribution is 7.20. The van der Waals surface area contributed by atoms with Gasteiger partial charge in [-0.3, -0.25) is 5.41 Å². The predicted molar refractivity (Wildman–Crippen MR) is 128 cm³/mol. The number of rotatable bonds is 9. The van der Waals surface area contributed by atoms with E-state index in [9.17, 15) is 4.79 Å². The van der Waals surface area contributed by atoms with Crippen LogP contribution in [0.4, 0.5) is 4.79 Å². The van der Waals surface area contributed by atoms with Crippen molar-refractivity contribution < 1.29 is 14.3 Å². The number of hydrogen-bond donors (Lipinski definition) is 3. The third-order valence-corrected chi connectivity index (χ3v) is 6.62. The number of likely N-dealkylation sites (tertiary alicyclic amines) is 1. The molecule has 1 aromatic heterocycles. The average Bonchev–Trinajstić information content (AvgIpc) is 3.47. The summed E-state index contributed by atoms with van der Waals surface area (Å²) >= 11 is 1.45. The van der Waals surface area contributed by atoms with Crippen LogP contribution < -0.4 is 15.8 Å². The standard InChI is InChI=1S/C24H28N4O3S/c25-23(26)22-15-18-19(9-6-10-21(18)32-22)31-20(17-7-2-1-3-8-17)16-30-24(29)27-11-14-28-12-4-5-13-28/h1-3,6-10,15,20H,4-5,11-14,16H2,(H3,25,26)(H,27,29). The van der Waals surface area contributed by atoms with Crippen LogP contribution in [-0.4, -0.2) is 49.6 Å². The zero-order valence-corrected chi connectivity index (χ0v) is 18.7. The molecule has 168 valence electrons. The van der Waals surface area contributed by atoms with Crippen LogP contribution in [0.15, 0.2) is 54.6 Å². The molecule has 4 N–H and O–H groups in total. The van der Waals surface area contributed by atoms with Crippen LogP contribution in [0.2, 0.25) is 0 Å². The van der Waals surface area contributed by atoms with Gasteiger partial charge in [-0.1, -0.05) is 36.4 Å². The van der Waals surface area contributed by atoms with E-state index < -0.39 is 12.2 Å². The lowest BCUT2D eigenvalue weighted by Crippen LogP contribution is -2.34. The molecule has 1 unspecified atom stereocenters. The minimum absolute atomic E-state index is 0.0331. The number of amidine groups is 1. The Morgan fingerprint density at radius 3 is 2.69 bits per heavy atom. The highest BCUT2D eigenvalue weighted by Gasteiger charge is 2.19. The fraction of sp³-hybridized carbons (Fsp3) is 0.333. The number of nitrogens with two attached hydrogens (primary N) is 1. The number of alkyl carbamates (subject to hydrolysis) is 1. The van der Waals surface area contributed by atoms with E-state index in [4.69, 9.17) is 20.6 Å². The number of fused-ring (bicyclic) bond motifs is 1. The number of carbonyl (C=O) groups excluding carboxylic acids is 1. The van der Waals surface area contributed by atoms with Crippen molar-refractivity contribution in [3.05, 3.63) is 65.0 Å². The molecule has 32 heavy (non-hydrogen) atoms. The first-order valence-electron chi connectivity index (χ1n) is 10.8. The number of carbonyl (C=O) groups is 1. The fourth-order valence-electron chi connectivity index (χ4n) is 3.81. The molecule has 0 bridgehead atoms. The van der Waals surface area contributed by atoms with Crippen LogP contribution in [0.3, 0.4) is 0 Å². The van der Waals surface area contributed by atoms with Crippen LogP contribution in [0, 0.1) is 5.41 Å². The minimum Gasteiger partial charge on any atom is -0.481 e. The van der Waals surface area contributed by atoms with Gasteiger partial charge in [0.1, 0.15) is 18.2 Å². The Labute approximate surface area is 191 Å². The summed E-state index contributed by atoms with van der Waals surface area (Å²) in [4.78, 5) is 15.3. The van der Waals surface area contributed by atoms with Gasteiger partial charge >= 0.3 is 6.09 Å². The molecule has 1 saturated heterocycles. The van der Waals surface area contributed by atoms with E-state index in [1.165, 1.54) is 24.2 Å². The Bertz CT molecular complexity index is 1060. The highest BCUT2D eigenvalue weighted by Crippen LogP contribution is 2.35. The Morgan fingerprint density at radius 1 is 1.16 bits per heavy atom.